The zero-order chi connectivity index (χ0) is 12.1. The Morgan fingerprint density at radius 3 is 2.81 bits per heavy atom. The van der Waals surface area contributed by atoms with Crippen LogP contribution in [0.2, 0.25) is 0 Å². The van der Waals surface area contributed by atoms with Gasteiger partial charge in [-0.2, -0.15) is 5.26 Å². The van der Waals surface area contributed by atoms with Crippen molar-refractivity contribution in [3.05, 3.63) is 10.6 Å². The molecule has 1 rings (SSSR count). The molecule has 0 aromatic rings. The lowest BCUT2D eigenvalue weighted by molar-refractivity contribution is -0.138. The Bertz CT molecular complexity index is 384. The lowest BCUT2D eigenvalue weighted by Gasteiger charge is -2.14. The summed E-state index contributed by atoms with van der Waals surface area (Å²) in [5.41, 5.74) is -0.0837. The summed E-state index contributed by atoms with van der Waals surface area (Å²) in [5.74, 6) is -0.478. The smallest absolute Gasteiger partial charge is 0.351 e. The molecule has 6 heteroatoms. The molecular weight excluding hydrogens is 228 g/mol. The fourth-order valence-electron chi connectivity index (χ4n) is 1.31. The fourth-order valence-corrected chi connectivity index (χ4v) is 2.39. The Kier molecular flexibility index (Phi) is 4.38. The molecule has 86 valence electrons. The van der Waals surface area contributed by atoms with E-state index in [4.69, 9.17) is 10.00 Å². The maximum absolute atomic E-state index is 11.5. The van der Waals surface area contributed by atoms with Crippen LogP contribution in [0.25, 0.3) is 0 Å². The monoisotopic (exact) mass is 240 g/mol. The van der Waals surface area contributed by atoms with Crippen LogP contribution in [0.15, 0.2) is 10.6 Å². The number of rotatable bonds is 3. The predicted molar refractivity (Wildman–Crippen MR) is 59.1 cm³/mol. The van der Waals surface area contributed by atoms with Crippen LogP contribution < -0.4 is 0 Å². The molecule has 0 saturated carbocycles. The normalized spacial score (nSPS) is 18.3. The molecule has 0 aromatic heterocycles. The van der Waals surface area contributed by atoms with Crippen LogP contribution in [0.3, 0.4) is 0 Å². The van der Waals surface area contributed by atoms with Crippen LogP contribution in [0.5, 0.6) is 0 Å². The first-order valence-corrected chi connectivity index (χ1v) is 5.88. The Morgan fingerprint density at radius 2 is 2.31 bits per heavy atom. The molecule has 5 nitrogen and oxygen atoms in total. The molecule has 16 heavy (non-hydrogen) atoms. The van der Waals surface area contributed by atoms with Crippen LogP contribution in [0, 0.1) is 11.3 Å². The number of esters is 1. The van der Waals surface area contributed by atoms with Crippen molar-refractivity contribution >= 4 is 23.6 Å². The number of carbonyl (C=O) groups excluding carboxylic acids is 2. The number of thioether (sulfide) groups is 1. The van der Waals surface area contributed by atoms with Gasteiger partial charge < -0.3 is 9.64 Å². The first kappa shape index (κ1) is 12.6. The Labute approximate surface area is 98.0 Å². The molecule has 1 aliphatic heterocycles. The van der Waals surface area contributed by atoms with Crippen molar-refractivity contribution < 1.29 is 14.3 Å². The number of hydrogen-bond donors (Lipinski definition) is 0. The molecule has 1 saturated heterocycles. The van der Waals surface area contributed by atoms with Crippen molar-refractivity contribution in [3.8, 4) is 6.07 Å². The maximum Gasteiger partial charge on any atom is 0.351 e. The van der Waals surface area contributed by atoms with E-state index in [1.54, 1.807) is 19.9 Å². The maximum atomic E-state index is 11.5. The summed E-state index contributed by atoms with van der Waals surface area (Å²) in [7, 11) is 0. The highest BCUT2D eigenvalue weighted by atomic mass is 32.2. The SMILES string of the molecule is CCOC(=O)C(C#N)=C1SCC(=O)N1CC. The standard InChI is InChI=1S/C10H12N2O3S/c1-3-12-8(13)6-16-9(12)7(5-11)10(14)15-4-2/h3-4,6H2,1-2H3. The molecule has 0 atom stereocenters. The number of amides is 1. The van der Waals surface area contributed by atoms with Gasteiger partial charge in [0.25, 0.3) is 0 Å². The van der Waals surface area contributed by atoms with E-state index >= 15 is 0 Å². The second-order valence-corrected chi connectivity index (χ2v) is 3.90. The average molecular weight is 240 g/mol. The quantitative estimate of drug-likeness (QED) is 0.416. The summed E-state index contributed by atoms with van der Waals surface area (Å²) in [6.07, 6.45) is 0. The zero-order valence-electron chi connectivity index (χ0n) is 9.15. The van der Waals surface area contributed by atoms with Crippen LogP contribution in [0.1, 0.15) is 13.8 Å². The highest BCUT2D eigenvalue weighted by molar-refractivity contribution is 8.04. The molecule has 0 N–H and O–H groups in total. The van der Waals surface area contributed by atoms with Crippen molar-refractivity contribution in [1.82, 2.24) is 4.90 Å². The molecule has 1 fully saturated rings. The van der Waals surface area contributed by atoms with Crippen molar-refractivity contribution in [1.29, 1.82) is 5.26 Å². The van der Waals surface area contributed by atoms with E-state index < -0.39 is 5.97 Å². The van der Waals surface area contributed by atoms with Gasteiger partial charge in [-0.05, 0) is 13.8 Å². The van der Waals surface area contributed by atoms with Gasteiger partial charge in [-0.25, -0.2) is 4.79 Å². The summed E-state index contributed by atoms with van der Waals surface area (Å²) in [6.45, 7) is 4.12. The van der Waals surface area contributed by atoms with Gasteiger partial charge in [0.2, 0.25) is 5.91 Å². The molecule has 0 radical (unpaired) electrons. The Balaban J connectivity index is 3.05. The van der Waals surface area contributed by atoms with E-state index in [-0.39, 0.29) is 23.8 Å². The lowest BCUT2D eigenvalue weighted by Crippen LogP contribution is -2.26. The van der Waals surface area contributed by atoms with Crippen molar-refractivity contribution in [3.63, 3.8) is 0 Å². The largest absolute Gasteiger partial charge is 0.462 e. The summed E-state index contributed by atoms with van der Waals surface area (Å²) >= 11 is 1.20. The van der Waals surface area contributed by atoms with Gasteiger partial charge in [-0.3, -0.25) is 4.79 Å². The summed E-state index contributed by atoms with van der Waals surface area (Å²) in [6, 6.07) is 1.80. The van der Waals surface area contributed by atoms with Gasteiger partial charge in [0.15, 0.2) is 5.57 Å². The van der Waals surface area contributed by atoms with Crippen molar-refractivity contribution in [2.45, 2.75) is 13.8 Å². The van der Waals surface area contributed by atoms with E-state index in [1.807, 2.05) is 0 Å². The van der Waals surface area contributed by atoms with E-state index in [9.17, 15) is 9.59 Å². The van der Waals surface area contributed by atoms with E-state index in [1.165, 1.54) is 16.7 Å². The van der Waals surface area contributed by atoms with Crippen molar-refractivity contribution in [2.24, 2.45) is 0 Å². The average Bonchev–Trinajstić information content (AvgIpc) is 2.61. The van der Waals surface area contributed by atoms with Gasteiger partial charge in [-0.1, -0.05) is 11.8 Å². The summed E-state index contributed by atoms with van der Waals surface area (Å²) < 4.78 is 4.76. The molecule has 1 heterocycles. The molecule has 1 aliphatic rings. The minimum absolute atomic E-state index is 0.0837. The molecule has 0 spiro atoms. The van der Waals surface area contributed by atoms with E-state index in [0.717, 1.165) is 0 Å². The third kappa shape index (κ3) is 2.36. The third-order valence-corrected chi connectivity index (χ3v) is 3.09. The molecule has 0 aromatic carbocycles. The number of hydrogen-bond acceptors (Lipinski definition) is 5. The van der Waals surface area contributed by atoms with Crippen molar-refractivity contribution in [2.75, 3.05) is 18.9 Å². The van der Waals surface area contributed by atoms with Gasteiger partial charge in [0.1, 0.15) is 11.1 Å². The van der Waals surface area contributed by atoms with E-state index in [2.05, 4.69) is 0 Å². The van der Waals surface area contributed by atoms with Crippen LogP contribution >= 0.6 is 11.8 Å². The molecule has 1 amide bonds. The minimum Gasteiger partial charge on any atom is -0.462 e. The fraction of sp³-hybridized carbons (Fsp3) is 0.500. The summed E-state index contributed by atoms with van der Waals surface area (Å²) in [4.78, 5) is 24.3. The lowest BCUT2D eigenvalue weighted by atomic mass is 10.3. The molecule has 0 unspecified atom stereocenters. The number of carbonyl (C=O) groups is 2. The molecular formula is C10H12N2O3S. The minimum atomic E-state index is -0.666. The van der Waals surface area contributed by atoms with Crippen LogP contribution in [-0.2, 0) is 14.3 Å². The highest BCUT2D eigenvalue weighted by Crippen LogP contribution is 2.31. The number of nitriles is 1. The van der Waals surface area contributed by atoms with E-state index in [0.29, 0.717) is 11.6 Å². The van der Waals surface area contributed by atoms with Gasteiger partial charge in [-0.15, -0.1) is 0 Å². The second kappa shape index (κ2) is 5.56. The Hall–Kier alpha value is -1.48. The highest BCUT2D eigenvalue weighted by Gasteiger charge is 2.31. The van der Waals surface area contributed by atoms with Gasteiger partial charge in [0, 0.05) is 6.54 Å². The molecule has 0 bridgehead atoms. The Morgan fingerprint density at radius 1 is 1.62 bits per heavy atom. The van der Waals surface area contributed by atoms with Gasteiger partial charge >= 0.3 is 5.97 Å². The van der Waals surface area contributed by atoms with Crippen LogP contribution in [0.4, 0.5) is 0 Å². The topological polar surface area (TPSA) is 70.4 Å². The third-order valence-electron chi connectivity index (χ3n) is 2.00. The van der Waals surface area contributed by atoms with Crippen LogP contribution in [-0.4, -0.2) is 35.7 Å². The second-order valence-electron chi connectivity index (χ2n) is 2.94. The van der Waals surface area contributed by atoms with Gasteiger partial charge in [0.05, 0.1) is 12.4 Å². The first-order chi connectivity index (χ1) is 7.65. The zero-order valence-corrected chi connectivity index (χ0v) is 9.97. The predicted octanol–water partition coefficient (Wildman–Crippen LogP) is 0.880. The number of nitrogens with zero attached hydrogens (tertiary/aromatic N) is 2. The first-order valence-electron chi connectivity index (χ1n) is 4.90. The molecule has 0 aliphatic carbocycles. The summed E-state index contributed by atoms with van der Waals surface area (Å²) in [5, 5.41) is 9.33. The number of ether oxygens (including phenoxy) is 1.